The number of aliphatic imine (C=N–C) groups is 1. The van der Waals surface area contributed by atoms with Crippen LogP contribution in [-0.4, -0.2) is 32.9 Å². The molecule has 27 heavy (non-hydrogen) atoms. The van der Waals surface area contributed by atoms with Crippen molar-refractivity contribution in [2.24, 2.45) is 4.99 Å². The molecule has 0 unspecified atom stereocenters. The fraction of sp³-hybridized carbons (Fsp3) is 0.381. The van der Waals surface area contributed by atoms with E-state index in [9.17, 15) is 0 Å². The topological polar surface area (TPSA) is 54.9 Å². The van der Waals surface area contributed by atoms with E-state index >= 15 is 0 Å². The van der Waals surface area contributed by atoms with Crippen molar-refractivity contribution >= 4 is 29.9 Å². The van der Waals surface area contributed by atoms with Crippen molar-refractivity contribution < 1.29 is 9.47 Å². The number of ether oxygens (including phenoxy) is 2. The molecule has 0 bridgehead atoms. The van der Waals surface area contributed by atoms with E-state index in [-0.39, 0.29) is 29.4 Å². The Balaban J connectivity index is 0.00000210. The van der Waals surface area contributed by atoms with Gasteiger partial charge in [0.15, 0.2) is 17.5 Å². The molecule has 1 heterocycles. The number of hydrogen-bond donors (Lipinski definition) is 2. The number of nitrogens with zero attached hydrogens (tertiary/aromatic N) is 1. The Bertz CT molecular complexity index is 791. The first-order chi connectivity index (χ1) is 12.8. The summed E-state index contributed by atoms with van der Waals surface area (Å²) in [5.74, 6) is 2.52. The number of halogens is 1. The molecular weight excluding hydrogens is 453 g/mol. The number of rotatable bonds is 6. The Kier molecular flexibility index (Phi) is 6.46. The quantitative estimate of drug-likeness (QED) is 0.379. The maximum absolute atomic E-state index is 5.43. The van der Waals surface area contributed by atoms with Gasteiger partial charge < -0.3 is 20.1 Å². The average Bonchev–Trinajstić information content (AvgIpc) is 3.34. The first-order valence-corrected chi connectivity index (χ1v) is 9.18. The Hall–Kier alpha value is -1.96. The Morgan fingerprint density at radius 2 is 1.81 bits per heavy atom. The highest BCUT2D eigenvalue weighted by Gasteiger charge is 2.43. The van der Waals surface area contributed by atoms with E-state index in [2.05, 4.69) is 58.1 Å². The fourth-order valence-electron chi connectivity index (χ4n) is 3.41. The minimum Gasteiger partial charge on any atom is -0.454 e. The molecule has 0 amide bonds. The highest BCUT2D eigenvalue weighted by Crippen LogP contribution is 2.47. The number of hydrogen-bond acceptors (Lipinski definition) is 3. The summed E-state index contributed by atoms with van der Waals surface area (Å²) >= 11 is 0. The van der Waals surface area contributed by atoms with Gasteiger partial charge in [0.25, 0.3) is 0 Å². The number of nitrogens with one attached hydrogen (secondary N) is 2. The van der Waals surface area contributed by atoms with Crippen LogP contribution in [0.5, 0.6) is 11.5 Å². The monoisotopic (exact) mass is 479 g/mol. The van der Waals surface area contributed by atoms with Crippen molar-refractivity contribution in [1.82, 2.24) is 10.6 Å². The lowest BCUT2D eigenvalue weighted by Gasteiger charge is -2.19. The molecule has 6 heteroatoms. The maximum atomic E-state index is 5.43. The van der Waals surface area contributed by atoms with Crippen molar-refractivity contribution in [2.75, 3.05) is 26.9 Å². The van der Waals surface area contributed by atoms with Crippen molar-refractivity contribution in [3.63, 3.8) is 0 Å². The van der Waals surface area contributed by atoms with Gasteiger partial charge in [0.05, 0.1) is 0 Å². The number of fused-ring (bicyclic) bond motifs is 1. The predicted octanol–water partition coefficient (Wildman–Crippen LogP) is 3.47. The largest absolute Gasteiger partial charge is 0.454 e. The van der Waals surface area contributed by atoms with Gasteiger partial charge in [-0.25, -0.2) is 0 Å². The molecule has 1 fully saturated rings. The second-order valence-electron chi connectivity index (χ2n) is 6.94. The van der Waals surface area contributed by atoms with Crippen LogP contribution in [0.3, 0.4) is 0 Å². The molecule has 4 rings (SSSR count). The van der Waals surface area contributed by atoms with E-state index in [1.54, 1.807) is 0 Å². The van der Waals surface area contributed by atoms with Crippen molar-refractivity contribution in [1.29, 1.82) is 0 Å². The number of benzene rings is 2. The Labute approximate surface area is 177 Å². The average molecular weight is 479 g/mol. The van der Waals surface area contributed by atoms with Gasteiger partial charge in [-0.15, -0.1) is 24.0 Å². The molecule has 2 N–H and O–H groups in total. The van der Waals surface area contributed by atoms with Crippen molar-refractivity contribution in [3.05, 3.63) is 59.7 Å². The van der Waals surface area contributed by atoms with Gasteiger partial charge in [-0.2, -0.15) is 0 Å². The van der Waals surface area contributed by atoms with Crippen molar-refractivity contribution in [2.45, 2.75) is 24.7 Å². The second kappa shape index (κ2) is 8.82. The molecule has 5 nitrogen and oxygen atoms in total. The zero-order valence-corrected chi connectivity index (χ0v) is 17.9. The van der Waals surface area contributed by atoms with Gasteiger partial charge >= 0.3 is 0 Å². The smallest absolute Gasteiger partial charge is 0.231 e. The van der Waals surface area contributed by atoms with Gasteiger partial charge in [0, 0.05) is 25.6 Å². The molecule has 2 aliphatic rings. The number of guanidine groups is 1. The zero-order valence-electron chi connectivity index (χ0n) is 15.5. The zero-order chi connectivity index (χ0) is 17.8. The van der Waals surface area contributed by atoms with Crippen LogP contribution in [0.2, 0.25) is 0 Å². The highest BCUT2D eigenvalue weighted by atomic mass is 127. The third kappa shape index (κ3) is 4.66. The van der Waals surface area contributed by atoms with Crippen LogP contribution < -0.4 is 20.1 Å². The maximum Gasteiger partial charge on any atom is 0.231 e. The third-order valence-corrected chi connectivity index (χ3v) is 5.20. The van der Waals surface area contributed by atoms with Crippen LogP contribution in [0, 0.1) is 0 Å². The standard InChI is InChI=1S/C21H25N3O2.HI/c1-22-20(24-14-21(10-11-21)17-5-3-2-4-6-17)23-12-9-16-7-8-18-19(13-16)26-15-25-18;/h2-8,13H,9-12,14-15H2,1H3,(H2,22,23,24);1H. The van der Waals surface area contributed by atoms with Crippen LogP contribution in [0.15, 0.2) is 53.5 Å². The minimum absolute atomic E-state index is 0. The Morgan fingerprint density at radius 1 is 1.04 bits per heavy atom. The lowest BCUT2D eigenvalue weighted by Crippen LogP contribution is -2.41. The van der Waals surface area contributed by atoms with E-state index < -0.39 is 0 Å². The van der Waals surface area contributed by atoms with E-state index in [1.807, 2.05) is 13.1 Å². The van der Waals surface area contributed by atoms with Crippen molar-refractivity contribution in [3.8, 4) is 11.5 Å². The van der Waals surface area contributed by atoms with Gasteiger partial charge in [-0.1, -0.05) is 36.4 Å². The minimum atomic E-state index is 0. The molecule has 0 aromatic heterocycles. The summed E-state index contributed by atoms with van der Waals surface area (Å²) in [7, 11) is 1.82. The van der Waals surface area contributed by atoms with E-state index in [4.69, 9.17) is 9.47 Å². The van der Waals surface area contributed by atoms with Crippen LogP contribution in [0.25, 0.3) is 0 Å². The van der Waals surface area contributed by atoms with Gasteiger partial charge in [-0.3, -0.25) is 4.99 Å². The van der Waals surface area contributed by atoms with E-state index in [1.165, 1.54) is 24.0 Å². The summed E-state index contributed by atoms with van der Waals surface area (Å²) in [6, 6.07) is 16.9. The summed E-state index contributed by atoms with van der Waals surface area (Å²) in [6.07, 6.45) is 3.37. The fourth-order valence-corrected chi connectivity index (χ4v) is 3.41. The molecule has 0 spiro atoms. The Morgan fingerprint density at radius 3 is 2.56 bits per heavy atom. The highest BCUT2D eigenvalue weighted by molar-refractivity contribution is 14.0. The van der Waals surface area contributed by atoms with Gasteiger partial charge in [-0.05, 0) is 42.5 Å². The molecule has 0 radical (unpaired) electrons. The molecule has 2 aromatic rings. The summed E-state index contributed by atoms with van der Waals surface area (Å²) in [5.41, 5.74) is 2.92. The van der Waals surface area contributed by atoms with Crippen LogP contribution >= 0.6 is 24.0 Å². The molecule has 1 aliphatic heterocycles. The third-order valence-electron chi connectivity index (χ3n) is 5.20. The van der Waals surface area contributed by atoms with Crippen LogP contribution in [-0.2, 0) is 11.8 Å². The SMILES string of the molecule is CN=C(NCCc1ccc2c(c1)OCO2)NCC1(c2ccccc2)CC1.I. The first kappa shape index (κ1) is 19.8. The summed E-state index contributed by atoms with van der Waals surface area (Å²) in [4.78, 5) is 4.35. The molecule has 0 saturated heterocycles. The molecular formula is C21H26IN3O2. The molecule has 2 aromatic carbocycles. The second-order valence-corrected chi connectivity index (χ2v) is 6.94. The summed E-state index contributed by atoms with van der Waals surface area (Å²) in [5, 5.41) is 6.90. The van der Waals surface area contributed by atoms with Gasteiger partial charge in [0.2, 0.25) is 6.79 Å². The first-order valence-electron chi connectivity index (χ1n) is 9.18. The molecule has 0 atom stereocenters. The normalized spacial score (nSPS) is 16.4. The molecule has 1 aliphatic carbocycles. The molecule has 144 valence electrons. The van der Waals surface area contributed by atoms with Gasteiger partial charge in [0.1, 0.15) is 0 Å². The van der Waals surface area contributed by atoms with E-state index in [0.717, 1.165) is 37.0 Å². The van der Waals surface area contributed by atoms with Crippen LogP contribution in [0.4, 0.5) is 0 Å². The molecule has 1 saturated carbocycles. The summed E-state index contributed by atoms with van der Waals surface area (Å²) in [6.45, 7) is 2.05. The predicted molar refractivity (Wildman–Crippen MR) is 118 cm³/mol. The van der Waals surface area contributed by atoms with Crippen LogP contribution in [0.1, 0.15) is 24.0 Å². The van der Waals surface area contributed by atoms with E-state index in [0.29, 0.717) is 6.79 Å². The lowest BCUT2D eigenvalue weighted by atomic mass is 9.96. The lowest BCUT2D eigenvalue weighted by molar-refractivity contribution is 0.174. The summed E-state index contributed by atoms with van der Waals surface area (Å²) < 4.78 is 10.8.